The van der Waals surface area contributed by atoms with Gasteiger partial charge in [-0.25, -0.2) is 9.78 Å². The van der Waals surface area contributed by atoms with Crippen LogP contribution in [0.5, 0.6) is 6.01 Å². The van der Waals surface area contributed by atoms with Crippen molar-refractivity contribution in [2.24, 2.45) is 0 Å². The topological polar surface area (TPSA) is 117 Å². The number of likely N-dealkylation sites (N-methyl/N-ethyl adjacent to an activating group) is 1. The third kappa shape index (κ3) is 4.90. The van der Waals surface area contributed by atoms with E-state index in [2.05, 4.69) is 16.9 Å². The summed E-state index contributed by atoms with van der Waals surface area (Å²) in [6, 6.07) is 11.1. The summed E-state index contributed by atoms with van der Waals surface area (Å²) in [4.78, 5) is 46.1. The summed E-state index contributed by atoms with van der Waals surface area (Å²) in [5.74, 6) is 0.915. The SMILES string of the molecule is Cc1nc2c(N3C[C@H](C)N(C(=O)O)C[C@@H]3C)nc(OCC3CCCN3C)nc2c(=O)n1-c1cccc2cccc(Cl)c12. The molecule has 2 aliphatic rings. The van der Waals surface area contributed by atoms with E-state index in [-0.39, 0.29) is 41.8 Å². The number of rotatable bonds is 5. The van der Waals surface area contributed by atoms with Crippen LogP contribution in [0.25, 0.3) is 27.5 Å². The van der Waals surface area contributed by atoms with Crippen LogP contribution in [-0.4, -0.2) is 91.9 Å². The standard InChI is InChI=1S/C30H34ClN7O4/c1-17-15-37(30(40)41)18(2)14-36(17)27-25-26(33-29(34-27)42-16-21-10-7-13-35(21)4)28(39)38(19(3)32-25)23-12-6-9-20-8-5-11-22(31)24(20)23/h5-6,8-9,11-12,17-18,21H,7,10,13-16H2,1-4H3,(H,40,41)/t17-,18-,21?/m0/s1. The van der Waals surface area contributed by atoms with E-state index in [1.54, 1.807) is 13.0 Å². The van der Waals surface area contributed by atoms with Crippen LogP contribution in [0.2, 0.25) is 5.02 Å². The zero-order valence-corrected chi connectivity index (χ0v) is 24.9. The van der Waals surface area contributed by atoms with Gasteiger partial charge in [-0.2, -0.15) is 9.97 Å². The third-order valence-corrected chi connectivity index (χ3v) is 8.82. The van der Waals surface area contributed by atoms with Crippen LogP contribution in [0.3, 0.4) is 0 Å². The number of carboxylic acid groups (broad SMARTS) is 1. The molecule has 1 unspecified atom stereocenters. The second kappa shape index (κ2) is 11.0. The van der Waals surface area contributed by atoms with Gasteiger partial charge in [0.25, 0.3) is 5.56 Å². The average molecular weight is 592 g/mol. The molecule has 1 N–H and O–H groups in total. The number of benzene rings is 2. The molecule has 0 radical (unpaired) electrons. The molecule has 3 atom stereocenters. The van der Waals surface area contributed by atoms with Gasteiger partial charge in [0.05, 0.1) is 10.7 Å². The lowest BCUT2D eigenvalue weighted by atomic mass is 10.1. The highest BCUT2D eigenvalue weighted by molar-refractivity contribution is 6.36. The first-order chi connectivity index (χ1) is 20.1. The predicted octanol–water partition coefficient (Wildman–Crippen LogP) is 4.34. The first-order valence-electron chi connectivity index (χ1n) is 14.2. The van der Waals surface area contributed by atoms with Crippen LogP contribution in [0, 0.1) is 6.92 Å². The smallest absolute Gasteiger partial charge is 0.407 e. The van der Waals surface area contributed by atoms with Gasteiger partial charge in [0.15, 0.2) is 11.3 Å². The van der Waals surface area contributed by atoms with Gasteiger partial charge in [-0.05, 0) is 64.7 Å². The molecule has 2 aromatic heterocycles. The second-order valence-electron chi connectivity index (χ2n) is 11.3. The maximum absolute atomic E-state index is 14.3. The number of carbonyl (C=O) groups is 1. The minimum atomic E-state index is -0.961. The highest BCUT2D eigenvalue weighted by Gasteiger charge is 2.35. The summed E-state index contributed by atoms with van der Waals surface area (Å²) in [6.07, 6.45) is 1.15. The fourth-order valence-electron chi connectivity index (χ4n) is 6.20. The number of hydrogen-bond acceptors (Lipinski definition) is 8. The number of aromatic nitrogens is 4. The van der Waals surface area contributed by atoms with Crippen molar-refractivity contribution in [1.82, 2.24) is 29.3 Å². The van der Waals surface area contributed by atoms with Gasteiger partial charge in [-0.1, -0.05) is 35.9 Å². The second-order valence-corrected chi connectivity index (χ2v) is 11.7. The minimum absolute atomic E-state index is 0.101. The maximum Gasteiger partial charge on any atom is 0.407 e. The molecule has 2 aromatic carbocycles. The van der Waals surface area contributed by atoms with E-state index >= 15 is 0 Å². The van der Waals surface area contributed by atoms with Crippen molar-refractivity contribution in [3.63, 3.8) is 0 Å². The molecular weight excluding hydrogens is 558 g/mol. The molecule has 0 aliphatic carbocycles. The van der Waals surface area contributed by atoms with Gasteiger partial charge in [0, 0.05) is 36.6 Å². The molecule has 4 aromatic rings. The molecule has 2 aliphatic heterocycles. The molecule has 11 nitrogen and oxygen atoms in total. The van der Waals surface area contributed by atoms with Crippen LogP contribution in [-0.2, 0) is 0 Å². The molecule has 2 saturated heterocycles. The molecule has 6 rings (SSSR count). The Hall–Kier alpha value is -3.96. The Morgan fingerprint density at radius 2 is 1.83 bits per heavy atom. The van der Waals surface area contributed by atoms with Crippen LogP contribution in [0.1, 0.15) is 32.5 Å². The number of nitrogens with zero attached hydrogens (tertiary/aromatic N) is 7. The molecule has 42 heavy (non-hydrogen) atoms. The maximum atomic E-state index is 14.3. The van der Waals surface area contributed by atoms with E-state index in [1.807, 2.05) is 49.1 Å². The summed E-state index contributed by atoms with van der Waals surface area (Å²) in [7, 11) is 2.07. The molecule has 0 bridgehead atoms. The Bertz CT molecular complexity index is 1740. The Morgan fingerprint density at radius 1 is 1.07 bits per heavy atom. The largest absolute Gasteiger partial charge is 0.465 e. The van der Waals surface area contributed by atoms with Gasteiger partial charge in [0.1, 0.15) is 17.9 Å². The first kappa shape index (κ1) is 28.2. The molecule has 0 spiro atoms. The normalized spacial score (nSPS) is 21.4. The number of amides is 1. The summed E-state index contributed by atoms with van der Waals surface area (Å²) in [5.41, 5.74) is 0.738. The molecule has 220 valence electrons. The van der Waals surface area contributed by atoms with Crippen molar-refractivity contribution in [2.45, 2.75) is 51.7 Å². The van der Waals surface area contributed by atoms with Crippen molar-refractivity contribution in [2.75, 3.05) is 38.2 Å². The number of aryl methyl sites for hydroxylation is 1. The number of ether oxygens (including phenoxy) is 1. The molecular formula is C30H34ClN7O4. The van der Waals surface area contributed by atoms with Crippen molar-refractivity contribution in [3.8, 4) is 11.7 Å². The number of piperazine rings is 1. The monoisotopic (exact) mass is 591 g/mol. The van der Waals surface area contributed by atoms with Gasteiger partial charge in [-0.3, -0.25) is 9.36 Å². The first-order valence-corrected chi connectivity index (χ1v) is 14.6. The quantitative estimate of drug-likeness (QED) is 0.362. The summed E-state index contributed by atoms with van der Waals surface area (Å²) < 4.78 is 7.69. The highest BCUT2D eigenvalue weighted by atomic mass is 35.5. The predicted molar refractivity (Wildman–Crippen MR) is 162 cm³/mol. The minimum Gasteiger partial charge on any atom is -0.465 e. The lowest BCUT2D eigenvalue weighted by Crippen LogP contribution is -2.58. The zero-order valence-electron chi connectivity index (χ0n) is 24.1. The molecule has 2 fully saturated rings. The summed E-state index contributed by atoms with van der Waals surface area (Å²) in [6.45, 7) is 7.64. The van der Waals surface area contributed by atoms with Crippen LogP contribution >= 0.6 is 11.6 Å². The number of halogens is 1. The van der Waals surface area contributed by atoms with E-state index in [0.717, 1.165) is 30.2 Å². The third-order valence-electron chi connectivity index (χ3n) is 8.50. The molecule has 4 heterocycles. The molecule has 12 heteroatoms. The van der Waals surface area contributed by atoms with Crippen molar-refractivity contribution in [3.05, 3.63) is 57.6 Å². The number of likely N-dealkylation sites (tertiary alicyclic amines) is 1. The lowest BCUT2D eigenvalue weighted by molar-refractivity contribution is 0.114. The highest BCUT2D eigenvalue weighted by Crippen LogP contribution is 2.32. The Labute approximate surface area is 248 Å². The van der Waals surface area contributed by atoms with Crippen LogP contribution < -0.4 is 15.2 Å². The summed E-state index contributed by atoms with van der Waals surface area (Å²) in [5, 5.41) is 11.9. The lowest BCUT2D eigenvalue weighted by Gasteiger charge is -2.43. The van der Waals surface area contributed by atoms with Crippen molar-refractivity contribution >= 4 is 45.3 Å². The number of fused-ring (bicyclic) bond motifs is 2. The van der Waals surface area contributed by atoms with Gasteiger partial charge >= 0.3 is 12.1 Å². The fourth-order valence-corrected chi connectivity index (χ4v) is 6.48. The Kier molecular flexibility index (Phi) is 7.40. The molecule has 0 saturated carbocycles. The zero-order chi connectivity index (χ0) is 29.7. The van der Waals surface area contributed by atoms with E-state index in [1.165, 1.54) is 9.47 Å². The van der Waals surface area contributed by atoms with Gasteiger partial charge < -0.3 is 24.5 Å². The van der Waals surface area contributed by atoms with Crippen LogP contribution in [0.15, 0.2) is 41.2 Å². The van der Waals surface area contributed by atoms with E-state index in [9.17, 15) is 14.7 Å². The average Bonchev–Trinajstić information content (AvgIpc) is 3.37. The van der Waals surface area contributed by atoms with Gasteiger partial charge in [-0.15, -0.1) is 0 Å². The number of hydrogen-bond donors (Lipinski definition) is 1. The van der Waals surface area contributed by atoms with Crippen LogP contribution in [0.4, 0.5) is 10.6 Å². The number of anilines is 1. The Balaban J connectivity index is 1.53. The molecule has 1 amide bonds. The van der Waals surface area contributed by atoms with Crippen molar-refractivity contribution < 1.29 is 14.6 Å². The summed E-state index contributed by atoms with van der Waals surface area (Å²) >= 11 is 6.63. The van der Waals surface area contributed by atoms with E-state index in [4.69, 9.17) is 26.3 Å². The van der Waals surface area contributed by atoms with Crippen molar-refractivity contribution in [1.29, 1.82) is 0 Å². The Morgan fingerprint density at radius 3 is 2.55 bits per heavy atom. The van der Waals surface area contributed by atoms with E-state index in [0.29, 0.717) is 41.0 Å². The van der Waals surface area contributed by atoms with Gasteiger partial charge in [0.2, 0.25) is 0 Å². The van der Waals surface area contributed by atoms with E-state index < -0.39 is 6.09 Å². The fraction of sp³-hybridized carbons (Fsp3) is 0.433.